The fraction of sp³-hybridized carbons (Fsp3) is 0.308. The van der Waals surface area contributed by atoms with E-state index in [1.807, 2.05) is 6.07 Å². The Morgan fingerprint density at radius 1 is 1.25 bits per heavy atom. The molecule has 0 aliphatic rings. The lowest BCUT2D eigenvalue weighted by Gasteiger charge is -2.13. The van der Waals surface area contributed by atoms with E-state index in [0.29, 0.717) is 5.69 Å². The van der Waals surface area contributed by atoms with Crippen LogP contribution in [0.15, 0.2) is 28.7 Å². The predicted octanol–water partition coefficient (Wildman–Crippen LogP) is 1.03. The summed E-state index contributed by atoms with van der Waals surface area (Å²) < 4.78 is 0.756. The standard InChI is InChI=1S/C13H16BrN3O3/c1-8(16-9(2)18)13(20)15-7-12(19)17-11-6-4-3-5-10(11)14/h3-6,8H,7H2,1-2H3,(H,15,20)(H,16,18)(H,17,19). The van der Waals surface area contributed by atoms with Crippen LogP contribution in [-0.4, -0.2) is 30.3 Å². The van der Waals surface area contributed by atoms with E-state index in [9.17, 15) is 14.4 Å². The number of carbonyl (C=O) groups is 3. The average molecular weight is 342 g/mol. The molecule has 1 aromatic carbocycles. The van der Waals surface area contributed by atoms with Gasteiger partial charge in [0, 0.05) is 11.4 Å². The monoisotopic (exact) mass is 341 g/mol. The van der Waals surface area contributed by atoms with Crippen molar-refractivity contribution < 1.29 is 14.4 Å². The van der Waals surface area contributed by atoms with Crippen molar-refractivity contribution in [1.82, 2.24) is 10.6 Å². The van der Waals surface area contributed by atoms with Crippen LogP contribution < -0.4 is 16.0 Å². The summed E-state index contributed by atoms with van der Waals surface area (Å²) in [5.41, 5.74) is 0.627. The summed E-state index contributed by atoms with van der Waals surface area (Å²) in [5, 5.41) is 7.54. The second-order valence-electron chi connectivity index (χ2n) is 4.17. The van der Waals surface area contributed by atoms with Crippen molar-refractivity contribution >= 4 is 39.3 Å². The minimum absolute atomic E-state index is 0.163. The van der Waals surface area contributed by atoms with Crippen molar-refractivity contribution in [2.75, 3.05) is 11.9 Å². The van der Waals surface area contributed by atoms with Gasteiger partial charge in [0.15, 0.2) is 0 Å². The Morgan fingerprint density at radius 2 is 1.90 bits per heavy atom. The second kappa shape index (κ2) is 7.64. The fourth-order valence-corrected chi connectivity index (χ4v) is 1.83. The summed E-state index contributed by atoms with van der Waals surface area (Å²) in [7, 11) is 0. The first-order chi connectivity index (χ1) is 9.40. The van der Waals surface area contributed by atoms with Gasteiger partial charge in [0.05, 0.1) is 12.2 Å². The van der Waals surface area contributed by atoms with Gasteiger partial charge >= 0.3 is 0 Å². The largest absolute Gasteiger partial charge is 0.345 e. The summed E-state index contributed by atoms with van der Waals surface area (Å²) in [6, 6.07) is 6.48. The molecular formula is C13H16BrN3O3. The Balaban J connectivity index is 2.42. The average Bonchev–Trinajstić information content (AvgIpc) is 2.38. The molecule has 20 heavy (non-hydrogen) atoms. The Morgan fingerprint density at radius 3 is 2.50 bits per heavy atom. The molecule has 1 rings (SSSR count). The van der Waals surface area contributed by atoms with Gasteiger partial charge in [-0.05, 0) is 35.0 Å². The van der Waals surface area contributed by atoms with Crippen LogP contribution in [0.3, 0.4) is 0 Å². The quantitative estimate of drug-likeness (QED) is 0.747. The summed E-state index contributed by atoms with van der Waals surface area (Å²) >= 11 is 3.31. The van der Waals surface area contributed by atoms with Crippen LogP contribution in [0.4, 0.5) is 5.69 Å². The molecule has 0 heterocycles. The number of anilines is 1. The first-order valence-electron chi connectivity index (χ1n) is 5.99. The molecule has 0 saturated carbocycles. The van der Waals surface area contributed by atoms with Crippen LogP contribution in [0.1, 0.15) is 13.8 Å². The molecule has 3 amide bonds. The lowest BCUT2D eigenvalue weighted by molar-refractivity contribution is -0.128. The lowest BCUT2D eigenvalue weighted by atomic mass is 10.3. The van der Waals surface area contributed by atoms with Crippen molar-refractivity contribution in [3.05, 3.63) is 28.7 Å². The number of amides is 3. The van der Waals surface area contributed by atoms with Crippen LogP contribution in [0, 0.1) is 0 Å². The highest BCUT2D eigenvalue weighted by Gasteiger charge is 2.14. The second-order valence-corrected chi connectivity index (χ2v) is 5.02. The van der Waals surface area contributed by atoms with Gasteiger partial charge < -0.3 is 16.0 Å². The zero-order valence-electron chi connectivity index (χ0n) is 11.2. The number of hydrogen-bond donors (Lipinski definition) is 3. The number of para-hydroxylation sites is 1. The maximum absolute atomic E-state index is 11.7. The van der Waals surface area contributed by atoms with Crippen molar-refractivity contribution in [1.29, 1.82) is 0 Å². The Labute approximate surface area is 125 Å². The van der Waals surface area contributed by atoms with Gasteiger partial charge in [-0.2, -0.15) is 0 Å². The van der Waals surface area contributed by atoms with E-state index in [1.54, 1.807) is 25.1 Å². The molecule has 6 nitrogen and oxygen atoms in total. The number of nitrogens with one attached hydrogen (secondary N) is 3. The third-order valence-corrected chi connectivity index (χ3v) is 3.08. The van der Waals surface area contributed by atoms with E-state index in [4.69, 9.17) is 0 Å². The highest BCUT2D eigenvalue weighted by Crippen LogP contribution is 2.20. The van der Waals surface area contributed by atoms with Gasteiger partial charge in [-0.15, -0.1) is 0 Å². The molecular weight excluding hydrogens is 326 g/mol. The van der Waals surface area contributed by atoms with Crippen LogP contribution >= 0.6 is 15.9 Å². The predicted molar refractivity (Wildman–Crippen MR) is 79.1 cm³/mol. The molecule has 1 unspecified atom stereocenters. The number of hydrogen-bond acceptors (Lipinski definition) is 3. The molecule has 7 heteroatoms. The third kappa shape index (κ3) is 5.40. The first-order valence-corrected chi connectivity index (χ1v) is 6.78. The van der Waals surface area contributed by atoms with Crippen molar-refractivity contribution in [3.8, 4) is 0 Å². The maximum atomic E-state index is 11.7. The molecule has 0 aliphatic carbocycles. The smallest absolute Gasteiger partial charge is 0.243 e. The fourth-order valence-electron chi connectivity index (χ4n) is 1.45. The summed E-state index contributed by atoms with van der Waals surface area (Å²) in [6.45, 7) is 2.70. The summed E-state index contributed by atoms with van der Waals surface area (Å²) in [5.74, 6) is -1.06. The van der Waals surface area contributed by atoms with E-state index in [1.165, 1.54) is 6.92 Å². The van der Waals surface area contributed by atoms with Crippen LogP contribution in [0.25, 0.3) is 0 Å². The minimum atomic E-state index is -0.677. The molecule has 108 valence electrons. The van der Waals surface area contributed by atoms with Gasteiger partial charge in [-0.25, -0.2) is 0 Å². The molecule has 1 aromatic rings. The van der Waals surface area contributed by atoms with E-state index in [-0.39, 0.29) is 18.4 Å². The molecule has 0 aromatic heterocycles. The van der Waals surface area contributed by atoms with Gasteiger partial charge in [0.25, 0.3) is 0 Å². The SMILES string of the molecule is CC(=O)NC(C)C(=O)NCC(=O)Nc1ccccc1Br. The topological polar surface area (TPSA) is 87.3 Å². The first kappa shape index (κ1) is 16.2. The number of halogens is 1. The van der Waals surface area contributed by atoms with E-state index >= 15 is 0 Å². The molecule has 0 radical (unpaired) electrons. The van der Waals surface area contributed by atoms with Crippen molar-refractivity contribution in [2.45, 2.75) is 19.9 Å². The summed E-state index contributed by atoms with van der Waals surface area (Å²) in [6.07, 6.45) is 0. The molecule has 0 spiro atoms. The molecule has 0 saturated heterocycles. The molecule has 0 aliphatic heterocycles. The number of benzene rings is 1. The van der Waals surface area contributed by atoms with E-state index in [0.717, 1.165) is 4.47 Å². The Bertz CT molecular complexity index is 519. The number of rotatable bonds is 5. The molecule has 3 N–H and O–H groups in total. The summed E-state index contributed by atoms with van der Waals surface area (Å²) in [4.78, 5) is 34.1. The van der Waals surface area contributed by atoms with Gasteiger partial charge in [-0.3, -0.25) is 14.4 Å². The molecule has 1 atom stereocenters. The Kier molecular flexibility index (Phi) is 6.17. The zero-order valence-corrected chi connectivity index (χ0v) is 12.8. The normalized spacial score (nSPS) is 11.3. The Hall–Kier alpha value is -1.89. The minimum Gasteiger partial charge on any atom is -0.345 e. The molecule has 0 fully saturated rings. The highest BCUT2D eigenvalue weighted by molar-refractivity contribution is 9.10. The molecule has 0 bridgehead atoms. The van der Waals surface area contributed by atoms with Crippen molar-refractivity contribution in [3.63, 3.8) is 0 Å². The van der Waals surface area contributed by atoms with E-state index in [2.05, 4.69) is 31.9 Å². The number of carbonyl (C=O) groups excluding carboxylic acids is 3. The van der Waals surface area contributed by atoms with Gasteiger partial charge in [0.1, 0.15) is 6.04 Å². The maximum Gasteiger partial charge on any atom is 0.243 e. The van der Waals surface area contributed by atoms with Crippen molar-refractivity contribution in [2.24, 2.45) is 0 Å². The van der Waals surface area contributed by atoms with Crippen LogP contribution in [0.5, 0.6) is 0 Å². The van der Waals surface area contributed by atoms with Gasteiger partial charge in [0.2, 0.25) is 17.7 Å². The van der Waals surface area contributed by atoms with Gasteiger partial charge in [-0.1, -0.05) is 12.1 Å². The highest BCUT2D eigenvalue weighted by atomic mass is 79.9. The third-order valence-electron chi connectivity index (χ3n) is 2.38. The van der Waals surface area contributed by atoms with Crippen LogP contribution in [0.2, 0.25) is 0 Å². The lowest BCUT2D eigenvalue weighted by Crippen LogP contribution is -2.46. The van der Waals surface area contributed by atoms with Crippen LogP contribution in [-0.2, 0) is 14.4 Å². The van der Waals surface area contributed by atoms with E-state index < -0.39 is 11.9 Å². The zero-order chi connectivity index (χ0) is 15.1.